The number of aromatic nitrogens is 2. The van der Waals surface area contributed by atoms with Crippen LogP contribution >= 0.6 is 0 Å². The molecule has 1 aliphatic carbocycles. The van der Waals surface area contributed by atoms with E-state index in [1.54, 1.807) is 6.20 Å². The molecular weight excluding hydrogens is 250 g/mol. The first-order valence-electron chi connectivity index (χ1n) is 6.23. The second kappa shape index (κ2) is 5.75. The predicted octanol–water partition coefficient (Wildman–Crippen LogP) is 0.922. The zero-order chi connectivity index (χ0) is 13.0. The second-order valence-corrected chi connectivity index (χ2v) is 7.22. The van der Waals surface area contributed by atoms with Crippen LogP contribution in [0.4, 0.5) is 0 Å². The lowest BCUT2D eigenvalue weighted by Crippen LogP contribution is -2.38. The smallest absolute Gasteiger partial charge is 0.150 e. The lowest BCUT2D eigenvalue weighted by atomic mass is 9.95. The Morgan fingerprint density at radius 3 is 2.94 bits per heavy atom. The van der Waals surface area contributed by atoms with E-state index in [9.17, 15) is 8.42 Å². The van der Waals surface area contributed by atoms with Gasteiger partial charge < -0.3 is 5.32 Å². The van der Waals surface area contributed by atoms with Crippen LogP contribution in [0.5, 0.6) is 0 Å². The summed E-state index contributed by atoms with van der Waals surface area (Å²) < 4.78 is 23.1. The highest BCUT2D eigenvalue weighted by atomic mass is 32.2. The molecule has 2 atom stereocenters. The monoisotopic (exact) mass is 269 g/mol. The molecule has 0 aliphatic heterocycles. The molecule has 1 aliphatic rings. The molecule has 0 aromatic carbocycles. The maximum absolute atomic E-state index is 11.6. The molecule has 1 aromatic rings. The highest BCUT2D eigenvalue weighted by Crippen LogP contribution is 2.23. The van der Waals surface area contributed by atoms with Gasteiger partial charge in [0.1, 0.15) is 16.2 Å². The number of rotatable bonds is 4. The molecule has 18 heavy (non-hydrogen) atoms. The van der Waals surface area contributed by atoms with E-state index < -0.39 is 9.84 Å². The summed E-state index contributed by atoms with van der Waals surface area (Å²) >= 11 is 0. The van der Waals surface area contributed by atoms with Crippen molar-refractivity contribution < 1.29 is 8.42 Å². The van der Waals surface area contributed by atoms with E-state index in [0.29, 0.717) is 13.0 Å². The molecule has 1 heterocycles. The van der Waals surface area contributed by atoms with Gasteiger partial charge in [-0.3, -0.25) is 0 Å². The molecule has 0 spiro atoms. The molecule has 0 amide bonds. The molecule has 0 saturated heterocycles. The third-order valence-electron chi connectivity index (χ3n) is 3.45. The fraction of sp³-hybridized carbons (Fsp3) is 0.667. The lowest BCUT2D eigenvalue weighted by Gasteiger charge is -2.28. The standard InChI is InChI=1S/C12H19N3O2S/c1-18(16,17)12-4-2-3-10(7-12)14-8-11-5-6-13-9-15-11/h5-6,9-10,12,14H,2-4,7-8H2,1H3. The van der Waals surface area contributed by atoms with Crippen molar-refractivity contribution in [1.82, 2.24) is 15.3 Å². The van der Waals surface area contributed by atoms with Crippen LogP contribution in [-0.2, 0) is 16.4 Å². The number of sulfone groups is 1. The number of nitrogens with one attached hydrogen (secondary N) is 1. The minimum Gasteiger partial charge on any atom is -0.308 e. The SMILES string of the molecule is CS(=O)(=O)C1CCCC(NCc2ccncn2)C1. The molecule has 1 saturated carbocycles. The van der Waals surface area contributed by atoms with Gasteiger partial charge in [-0.15, -0.1) is 0 Å². The van der Waals surface area contributed by atoms with Crippen molar-refractivity contribution in [2.45, 2.75) is 43.5 Å². The fourth-order valence-electron chi connectivity index (χ4n) is 2.39. The van der Waals surface area contributed by atoms with E-state index in [4.69, 9.17) is 0 Å². The predicted molar refractivity (Wildman–Crippen MR) is 69.8 cm³/mol. The van der Waals surface area contributed by atoms with E-state index in [-0.39, 0.29) is 11.3 Å². The van der Waals surface area contributed by atoms with Crippen LogP contribution in [0.2, 0.25) is 0 Å². The number of nitrogens with zero attached hydrogens (tertiary/aromatic N) is 2. The van der Waals surface area contributed by atoms with Crippen LogP contribution in [0.3, 0.4) is 0 Å². The summed E-state index contributed by atoms with van der Waals surface area (Å²) in [6.07, 6.45) is 8.09. The Morgan fingerprint density at radius 1 is 1.44 bits per heavy atom. The van der Waals surface area contributed by atoms with E-state index in [1.807, 2.05) is 6.07 Å². The maximum atomic E-state index is 11.6. The molecule has 2 unspecified atom stereocenters. The van der Waals surface area contributed by atoms with Crippen LogP contribution in [-0.4, -0.2) is 35.9 Å². The zero-order valence-corrected chi connectivity index (χ0v) is 11.4. The van der Waals surface area contributed by atoms with Crippen molar-refractivity contribution in [3.05, 3.63) is 24.3 Å². The molecule has 0 bridgehead atoms. The van der Waals surface area contributed by atoms with E-state index in [0.717, 1.165) is 25.0 Å². The summed E-state index contributed by atoms with van der Waals surface area (Å²) in [5.41, 5.74) is 0.937. The van der Waals surface area contributed by atoms with Crippen LogP contribution in [0, 0.1) is 0 Å². The molecule has 100 valence electrons. The van der Waals surface area contributed by atoms with E-state index in [2.05, 4.69) is 15.3 Å². The maximum Gasteiger partial charge on any atom is 0.150 e. The van der Waals surface area contributed by atoms with Crippen molar-refractivity contribution in [2.24, 2.45) is 0 Å². The average Bonchev–Trinajstić information content (AvgIpc) is 2.37. The topological polar surface area (TPSA) is 72.0 Å². The third-order valence-corrected chi connectivity index (χ3v) is 5.09. The Hall–Kier alpha value is -1.01. The molecule has 1 aromatic heterocycles. The Morgan fingerprint density at radius 2 is 2.28 bits per heavy atom. The van der Waals surface area contributed by atoms with Gasteiger partial charge in [0.25, 0.3) is 0 Å². The van der Waals surface area contributed by atoms with Crippen LogP contribution in [0.25, 0.3) is 0 Å². The van der Waals surface area contributed by atoms with Gasteiger partial charge in [-0.05, 0) is 25.3 Å². The summed E-state index contributed by atoms with van der Waals surface area (Å²) in [7, 11) is -2.91. The normalized spacial score (nSPS) is 24.9. The fourth-order valence-corrected chi connectivity index (χ4v) is 3.57. The Balaban J connectivity index is 1.87. The van der Waals surface area contributed by atoms with Crippen molar-refractivity contribution in [1.29, 1.82) is 0 Å². The van der Waals surface area contributed by atoms with Crippen molar-refractivity contribution >= 4 is 9.84 Å². The Labute approximate surface area is 108 Å². The number of hydrogen-bond acceptors (Lipinski definition) is 5. The van der Waals surface area contributed by atoms with Crippen LogP contribution in [0.1, 0.15) is 31.4 Å². The van der Waals surface area contributed by atoms with Gasteiger partial charge in [0, 0.05) is 25.0 Å². The first-order valence-corrected chi connectivity index (χ1v) is 8.18. The minimum absolute atomic E-state index is 0.186. The first-order chi connectivity index (χ1) is 8.55. The Bertz CT molecular complexity index is 475. The Kier molecular flexibility index (Phi) is 4.29. The van der Waals surface area contributed by atoms with Gasteiger partial charge >= 0.3 is 0 Å². The molecule has 5 nitrogen and oxygen atoms in total. The van der Waals surface area contributed by atoms with Crippen molar-refractivity contribution in [2.75, 3.05) is 6.26 Å². The van der Waals surface area contributed by atoms with Crippen LogP contribution in [0.15, 0.2) is 18.6 Å². The molecule has 6 heteroatoms. The van der Waals surface area contributed by atoms with Crippen LogP contribution < -0.4 is 5.32 Å². The molecule has 1 fully saturated rings. The third kappa shape index (κ3) is 3.74. The van der Waals surface area contributed by atoms with Gasteiger partial charge in [-0.2, -0.15) is 0 Å². The summed E-state index contributed by atoms with van der Waals surface area (Å²) in [4.78, 5) is 8.01. The van der Waals surface area contributed by atoms with Crippen molar-refractivity contribution in [3.63, 3.8) is 0 Å². The molecule has 0 radical (unpaired) electrons. The van der Waals surface area contributed by atoms with Gasteiger partial charge in [-0.25, -0.2) is 18.4 Å². The van der Waals surface area contributed by atoms with Gasteiger partial charge in [0.2, 0.25) is 0 Å². The van der Waals surface area contributed by atoms with E-state index >= 15 is 0 Å². The van der Waals surface area contributed by atoms with Gasteiger partial charge in [0.05, 0.1) is 10.9 Å². The summed E-state index contributed by atoms with van der Waals surface area (Å²) in [5, 5.41) is 3.20. The molecule has 2 rings (SSSR count). The summed E-state index contributed by atoms with van der Waals surface area (Å²) in [5.74, 6) is 0. The van der Waals surface area contributed by atoms with Gasteiger partial charge in [-0.1, -0.05) is 6.42 Å². The lowest BCUT2D eigenvalue weighted by molar-refractivity contribution is 0.369. The number of hydrogen-bond donors (Lipinski definition) is 1. The average molecular weight is 269 g/mol. The highest BCUT2D eigenvalue weighted by molar-refractivity contribution is 7.91. The van der Waals surface area contributed by atoms with Gasteiger partial charge in [0.15, 0.2) is 0 Å². The van der Waals surface area contributed by atoms with E-state index in [1.165, 1.54) is 12.6 Å². The summed E-state index contributed by atoms with van der Waals surface area (Å²) in [6.45, 7) is 0.670. The second-order valence-electron chi connectivity index (χ2n) is 4.90. The zero-order valence-electron chi connectivity index (χ0n) is 10.5. The van der Waals surface area contributed by atoms with Crippen molar-refractivity contribution in [3.8, 4) is 0 Å². The quantitative estimate of drug-likeness (QED) is 0.880. The molecule has 1 N–H and O–H groups in total. The largest absolute Gasteiger partial charge is 0.308 e. The minimum atomic E-state index is -2.91. The first kappa shape index (κ1) is 13.4. The highest BCUT2D eigenvalue weighted by Gasteiger charge is 2.28. The molecular formula is C12H19N3O2S. The summed E-state index contributed by atoms with van der Waals surface area (Å²) in [6, 6.07) is 2.14.